The Bertz CT molecular complexity index is 1160. The van der Waals surface area contributed by atoms with Crippen molar-refractivity contribution in [2.75, 3.05) is 24.4 Å². The van der Waals surface area contributed by atoms with Crippen LogP contribution in [0.2, 0.25) is 5.02 Å². The fourth-order valence-corrected chi connectivity index (χ4v) is 3.10. The van der Waals surface area contributed by atoms with E-state index in [-0.39, 0.29) is 0 Å². The van der Waals surface area contributed by atoms with Crippen molar-refractivity contribution >= 4 is 40.7 Å². The van der Waals surface area contributed by atoms with Crippen LogP contribution in [0.4, 0.5) is 21.9 Å². The molecule has 0 fully saturated rings. The second kappa shape index (κ2) is 10.5. The Labute approximate surface area is 204 Å². The first kappa shape index (κ1) is 24.9. The van der Waals surface area contributed by atoms with Crippen molar-refractivity contribution in [2.24, 2.45) is 0 Å². The predicted octanol–water partition coefficient (Wildman–Crippen LogP) is 7.03. The van der Waals surface area contributed by atoms with Gasteiger partial charge in [-0.15, -0.1) is 0 Å². The molecule has 0 heterocycles. The Morgan fingerprint density at radius 3 is 2.12 bits per heavy atom. The fraction of sp³-hybridized carbons (Fsp3) is 0.231. The summed E-state index contributed by atoms with van der Waals surface area (Å²) < 4.78 is 16.2. The second-order valence-electron chi connectivity index (χ2n) is 8.47. The van der Waals surface area contributed by atoms with Crippen LogP contribution in [0, 0.1) is 0 Å². The molecule has 0 atom stereocenters. The van der Waals surface area contributed by atoms with E-state index >= 15 is 0 Å². The number of hydrogen-bond acceptors (Lipinski definition) is 6. The molecule has 8 heteroatoms. The van der Waals surface area contributed by atoms with Gasteiger partial charge in [0.2, 0.25) is 0 Å². The number of carbonyl (C=O) groups excluding carboxylic acids is 2. The van der Waals surface area contributed by atoms with Crippen molar-refractivity contribution in [3.63, 3.8) is 0 Å². The number of methoxy groups -OCH3 is 1. The van der Waals surface area contributed by atoms with Gasteiger partial charge in [-0.3, -0.25) is 4.90 Å². The van der Waals surface area contributed by atoms with E-state index in [0.29, 0.717) is 33.5 Å². The molecular weight excluding hydrogens is 456 g/mol. The molecule has 178 valence electrons. The van der Waals surface area contributed by atoms with Gasteiger partial charge in [0.25, 0.3) is 0 Å². The van der Waals surface area contributed by atoms with E-state index in [4.69, 9.17) is 25.8 Å². The average Bonchev–Trinajstić information content (AvgIpc) is 2.80. The van der Waals surface area contributed by atoms with Gasteiger partial charge in [-0.1, -0.05) is 11.6 Å². The van der Waals surface area contributed by atoms with Crippen LogP contribution in [0.15, 0.2) is 66.7 Å². The van der Waals surface area contributed by atoms with Crippen LogP contribution < -0.4 is 15.0 Å². The third-order valence-electron chi connectivity index (χ3n) is 4.65. The molecule has 1 N–H and O–H groups in total. The predicted molar refractivity (Wildman–Crippen MR) is 134 cm³/mol. The maximum atomic E-state index is 12.4. The molecule has 0 saturated carbocycles. The Balaban J connectivity index is 1.76. The number of halogens is 1. The summed E-state index contributed by atoms with van der Waals surface area (Å²) in [7, 11) is 2.96. The van der Waals surface area contributed by atoms with Crippen LogP contribution in [0.1, 0.15) is 31.1 Å². The fourth-order valence-electron chi connectivity index (χ4n) is 2.97. The van der Waals surface area contributed by atoms with E-state index in [0.717, 1.165) is 5.69 Å². The number of anilines is 3. The van der Waals surface area contributed by atoms with Crippen LogP contribution in [-0.4, -0.2) is 31.8 Å². The lowest BCUT2D eigenvalue weighted by atomic mass is 10.1. The Kier molecular flexibility index (Phi) is 7.68. The SMILES string of the molecule is COC(=O)c1cc(Oc2ccc(N(C)C(=O)OC(C)(C)C)cc2)ccc1Nc1ccc(Cl)cc1. The third-order valence-corrected chi connectivity index (χ3v) is 4.90. The molecule has 0 aliphatic rings. The van der Waals surface area contributed by atoms with Crippen LogP contribution in [0.3, 0.4) is 0 Å². The molecule has 34 heavy (non-hydrogen) atoms. The van der Waals surface area contributed by atoms with Crippen molar-refractivity contribution < 1.29 is 23.8 Å². The second-order valence-corrected chi connectivity index (χ2v) is 8.90. The molecule has 0 aromatic heterocycles. The highest BCUT2D eigenvalue weighted by atomic mass is 35.5. The minimum Gasteiger partial charge on any atom is -0.465 e. The van der Waals surface area contributed by atoms with Crippen LogP contribution in [-0.2, 0) is 9.47 Å². The first-order valence-electron chi connectivity index (χ1n) is 10.6. The number of carbonyl (C=O) groups is 2. The van der Waals surface area contributed by atoms with Gasteiger partial charge in [0.1, 0.15) is 17.1 Å². The maximum absolute atomic E-state index is 12.4. The highest BCUT2D eigenvalue weighted by molar-refractivity contribution is 6.30. The summed E-state index contributed by atoms with van der Waals surface area (Å²) in [5, 5.41) is 3.80. The summed E-state index contributed by atoms with van der Waals surface area (Å²) >= 11 is 5.94. The highest BCUT2D eigenvalue weighted by Gasteiger charge is 2.20. The minimum absolute atomic E-state index is 0.316. The van der Waals surface area contributed by atoms with E-state index in [9.17, 15) is 9.59 Å². The summed E-state index contributed by atoms with van der Waals surface area (Å²) in [6.07, 6.45) is -0.451. The lowest BCUT2D eigenvalue weighted by Gasteiger charge is -2.24. The molecule has 3 aromatic carbocycles. The largest absolute Gasteiger partial charge is 0.465 e. The standard InChI is InChI=1S/C26H27ClN2O5/c1-26(2,3)34-25(31)29(4)19-10-12-20(13-11-19)33-21-14-15-23(22(16-21)24(30)32-5)28-18-8-6-17(27)7-9-18/h6-16,28H,1-5H3. The smallest absolute Gasteiger partial charge is 0.414 e. The van der Waals surface area contributed by atoms with Gasteiger partial charge in [0.05, 0.1) is 18.4 Å². The Morgan fingerprint density at radius 2 is 1.53 bits per heavy atom. The quantitative estimate of drug-likeness (QED) is 0.380. The zero-order valence-electron chi connectivity index (χ0n) is 19.7. The number of amides is 1. The molecule has 3 aromatic rings. The number of nitrogens with zero attached hydrogens (tertiary/aromatic N) is 1. The summed E-state index contributed by atoms with van der Waals surface area (Å²) in [6, 6.07) is 19.2. The van der Waals surface area contributed by atoms with Crippen molar-refractivity contribution in [3.8, 4) is 11.5 Å². The lowest BCUT2D eigenvalue weighted by molar-refractivity contribution is 0.0584. The monoisotopic (exact) mass is 482 g/mol. The zero-order valence-corrected chi connectivity index (χ0v) is 20.5. The molecule has 0 unspecified atom stereocenters. The summed E-state index contributed by atoms with van der Waals surface area (Å²) in [4.78, 5) is 26.1. The Morgan fingerprint density at radius 1 is 0.912 bits per heavy atom. The van der Waals surface area contributed by atoms with Crippen LogP contribution in [0.25, 0.3) is 0 Å². The molecule has 0 aliphatic carbocycles. The average molecular weight is 483 g/mol. The topological polar surface area (TPSA) is 77.1 Å². The number of nitrogens with one attached hydrogen (secondary N) is 1. The molecule has 0 spiro atoms. The van der Waals surface area contributed by atoms with Gasteiger partial charge < -0.3 is 19.5 Å². The van der Waals surface area contributed by atoms with E-state index in [1.54, 1.807) is 61.6 Å². The molecule has 0 aliphatic heterocycles. The molecule has 7 nitrogen and oxygen atoms in total. The molecule has 3 rings (SSSR count). The van der Waals surface area contributed by atoms with Gasteiger partial charge in [-0.05, 0) is 87.5 Å². The normalized spacial score (nSPS) is 10.9. The van der Waals surface area contributed by atoms with E-state index in [1.165, 1.54) is 12.0 Å². The zero-order chi connectivity index (χ0) is 24.9. The van der Waals surface area contributed by atoms with Crippen molar-refractivity contribution in [2.45, 2.75) is 26.4 Å². The van der Waals surface area contributed by atoms with E-state index in [2.05, 4.69) is 5.32 Å². The molecule has 0 radical (unpaired) electrons. The van der Waals surface area contributed by atoms with Gasteiger partial charge in [0, 0.05) is 23.4 Å². The van der Waals surface area contributed by atoms with Crippen LogP contribution in [0.5, 0.6) is 11.5 Å². The van der Waals surface area contributed by atoms with Gasteiger partial charge in [-0.25, -0.2) is 9.59 Å². The van der Waals surface area contributed by atoms with Gasteiger partial charge in [-0.2, -0.15) is 0 Å². The first-order valence-corrected chi connectivity index (χ1v) is 10.9. The van der Waals surface area contributed by atoms with E-state index in [1.807, 2.05) is 32.9 Å². The maximum Gasteiger partial charge on any atom is 0.414 e. The Hall–Kier alpha value is -3.71. The molecule has 0 bridgehead atoms. The van der Waals surface area contributed by atoms with Crippen molar-refractivity contribution in [3.05, 3.63) is 77.3 Å². The van der Waals surface area contributed by atoms with Gasteiger partial charge >= 0.3 is 12.1 Å². The van der Waals surface area contributed by atoms with Gasteiger partial charge in [0.15, 0.2) is 0 Å². The number of benzene rings is 3. The van der Waals surface area contributed by atoms with E-state index < -0.39 is 17.7 Å². The van der Waals surface area contributed by atoms with Crippen LogP contribution >= 0.6 is 11.6 Å². The molecular formula is C26H27ClN2O5. The minimum atomic E-state index is -0.583. The number of hydrogen-bond donors (Lipinski definition) is 1. The number of rotatable bonds is 6. The molecule has 1 amide bonds. The summed E-state index contributed by atoms with van der Waals surface area (Å²) in [5.41, 5.74) is 1.72. The van der Waals surface area contributed by atoms with Crippen molar-refractivity contribution in [1.82, 2.24) is 0 Å². The highest BCUT2D eigenvalue weighted by Crippen LogP contribution is 2.30. The third kappa shape index (κ3) is 6.65. The lowest BCUT2D eigenvalue weighted by Crippen LogP contribution is -2.34. The first-order chi connectivity index (χ1) is 16.1. The summed E-state index contributed by atoms with van der Waals surface area (Å²) in [6.45, 7) is 5.44. The molecule has 0 saturated heterocycles. The van der Waals surface area contributed by atoms with Crippen molar-refractivity contribution in [1.29, 1.82) is 0 Å². The number of ether oxygens (including phenoxy) is 3. The number of esters is 1. The summed E-state index contributed by atoms with van der Waals surface area (Å²) in [5.74, 6) is 0.488.